The van der Waals surface area contributed by atoms with Crippen LogP contribution < -0.4 is 10.1 Å². The summed E-state index contributed by atoms with van der Waals surface area (Å²) in [7, 11) is 0. The Bertz CT molecular complexity index is 510. The van der Waals surface area contributed by atoms with Crippen LogP contribution in [0.2, 0.25) is 0 Å². The molecular formula is C15H20N2OS. The van der Waals surface area contributed by atoms with E-state index < -0.39 is 0 Å². The van der Waals surface area contributed by atoms with E-state index in [9.17, 15) is 0 Å². The monoisotopic (exact) mass is 276 g/mol. The largest absolute Gasteiger partial charge is 0.492 e. The van der Waals surface area contributed by atoms with E-state index in [1.54, 1.807) is 11.3 Å². The molecule has 0 amide bonds. The van der Waals surface area contributed by atoms with E-state index in [1.807, 2.05) is 17.6 Å². The maximum Gasteiger partial charge on any atom is 0.119 e. The summed E-state index contributed by atoms with van der Waals surface area (Å²) in [5.74, 6) is 0.945. The zero-order valence-corrected chi connectivity index (χ0v) is 12.3. The van der Waals surface area contributed by atoms with Gasteiger partial charge >= 0.3 is 0 Å². The van der Waals surface area contributed by atoms with Crippen LogP contribution in [0.1, 0.15) is 16.1 Å². The van der Waals surface area contributed by atoms with Gasteiger partial charge in [0.15, 0.2) is 0 Å². The lowest BCUT2D eigenvalue weighted by atomic mass is 10.2. The van der Waals surface area contributed by atoms with Crippen molar-refractivity contribution in [2.45, 2.75) is 20.3 Å². The Balaban J connectivity index is 1.59. The van der Waals surface area contributed by atoms with Crippen molar-refractivity contribution in [3.05, 3.63) is 45.9 Å². The first-order chi connectivity index (χ1) is 9.25. The molecule has 2 rings (SSSR count). The molecule has 3 nitrogen and oxygen atoms in total. The Hall–Kier alpha value is -1.39. The molecule has 0 saturated carbocycles. The molecule has 19 heavy (non-hydrogen) atoms. The fraction of sp³-hybridized carbons (Fsp3) is 0.400. The standard InChI is InChI=1S/C15H20N2OS/c1-12-4-3-5-14(10-12)18-9-8-16-7-6-15-13(2)17-11-19-15/h3-5,10-11,16H,6-9H2,1-2H3. The number of aromatic nitrogens is 1. The van der Waals surface area contributed by atoms with E-state index in [0.29, 0.717) is 6.61 Å². The molecule has 0 atom stereocenters. The van der Waals surface area contributed by atoms with Gasteiger partial charge in [-0.3, -0.25) is 0 Å². The molecule has 0 saturated heterocycles. The zero-order chi connectivity index (χ0) is 13.5. The number of hydrogen-bond donors (Lipinski definition) is 1. The van der Waals surface area contributed by atoms with Crippen LogP contribution >= 0.6 is 11.3 Å². The van der Waals surface area contributed by atoms with Gasteiger partial charge < -0.3 is 10.1 Å². The minimum atomic E-state index is 0.700. The minimum Gasteiger partial charge on any atom is -0.492 e. The quantitative estimate of drug-likeness (QED) is 0.789. The number of nitrogens with one attached hydrogen (secondary N) is 1. The number of ether oxygens (including phenoxy) is 1. The Labute approximate surface area is 118 Å². The van der Waals surface area contributed by atoms with Gasteiger partial charge in [-0.25, -0.2) is 4.98 Å². The number of rotatable bonds is 7. The zero-order valence-electron chi connectivity index (χ0n) is 11.5. The molecule has 0 fully saturated rings. The number of nitrogens with zero attached hydrogens (tertiary/aromatic N) is 1. The number of aryl methyl sites for hydroxylation is 2. The van der Waals surface area contributed by atoms with Crippen molar-refractivity contribution in [2.24, 2.45) is 0 Å². The highest BCUT2D eigenvalue weighted by atomic mass is 32.1. The summed E-state index contributed by atoms with van der Waals surface area (Å²) in [5.41, 5.74) is 4.29. The van der Waals surface area contributed by atoms with Gasteiger partial charge in [0.25, 0.3) is 0 Å². The van der Waals surface area contributed by atoms with Crippen LogP contribution in [0.15, 0.2) is 29.8 Å². The second-order valence-electron chi connectivity index (χ2n) is 4.53. The lowest BCUT2D eigenvalue weighted by molar-refractivity contribution is 0.314. The van der Waals surface area contributed by atoms with Crippen LogP contribution in [-0.2, 0) is 6.42 Å². The van der Waals surface area contributed by atoms with Crippen molar-refractivity contribution in [1.82, 2.24) is 10.3 Å². The van der Waals surface area contributed by atoms with Crippen molar-refractivity contribution in [3.63, 3.8) is 0 Å². The predicted molar refractivity (Wildman–Crippen MR) is 80.1 cm³/mol. The average Bonchev–Trinajstić information content (AvgIpc) is 2.79. The van der Waals surface area contributed by atoms with Crippen LogP contribution in [-0.4, -0.2) is 24.7 Å². The van der Waals surface area contributed by atoms with Crippen molar-refractivity contribution in [2.75, 3.05) is 19.7 Å². The highest BCUT2D eigenvalue weighted by molar-refractivity contribution is 7.09. The Morgan fingerprint density at radius 2 is 2.16 bits per heavy atom. The van der Waals surface area contributed by atoms with Crippen molar-refractivity contribution in [1.29, 1.82) is 0 Å². The van der Waals surface area contributed by atoms with Gasteiger partial charge in [-0.2, -0.15) is 0 Å². The third-order valence-electron chi connectivity index (χ3n) is 2.91. The van der Waals surface area contributed by atoms with E-state index in [2.05, 4.69) is 36.3 Å². The van der Waals surface area contributed by atoms with Crippen molar-refractivity contribution < 1.29 is 4.74 Å². The van der Waals surface area contributed by atoms with E-state index >= 15 is 0 Å². The first-order valence-electron chi connectivity index (χ1n) is 6.55. The van der Waals surface area contributed by atoms with E-state index in [1.165, 1.54) is 10.4 Å². The number of benzene rings is 1. The minimum absolute atomic E-state index is 0.700. The summed E-state index contributed by atoms with van der Waals surface area (Å²) in [6.45, 7) is 6.67. The molecule has 0 bridgehead atoms. The molecule has 0 radical (unpaired) electrons. The van der Waals surface area contributed by atoms with Crippen LogP contribution in [0.3, 0.4) is 0 Å². The highest BCUT2D eigenvalue weighted by Crippen LogP contribution is 2.12. The second kappa shape index (κ2) is 7.26. The van der Waals surface area contributed by atoms with Crippen LogP contribution in [0.5, 0.6) is 5.75 Å². The van der Waals surface area contributed by atoms with Crippen molar-refractivity contribution >= 4 is 11.3 Å². The maximum absolute atomic E-state index is 5.68. The lowest BCUT2D eigenvalue weighted by Gasteiger charge is -2.07. The molecule has 1 heterocycles. The Morgan fingerprint density at radius 1 is 1.26 bits per heavy atom. The molecule has 4 heteroatoms. The van der Waals surface area contributed by atoms with Crippen LogP contribution in [0, 0.1) is 13.8 Å². The normalized spacial score (nSPS) is 10.6. The summed E-state index contributed by atoms with van der Waals surface area (Å²) >= 11 is 1.73. The first kappa shape index (κ1) is 14.0. The summed E-state index contributed by atoms with van der Waals surface area (Å²) in [6.07, 6.45) is 1.04. The Morgan fingerprint density at radius 3 is 2.89 bits per heavy atom. The van der Waals surface area contributed by atoms with Gasteiger partial charge in [0, 0.05) is 18.0 Å². The first-order valence-corrected chi connectivity index (χ1v) is 7.43. The molecule has 0 unspecified atom stereocenters. The molecule has 1 N–H and O–H groups in total. The van der Waals surface area contributed by atoms with Gasteiger partial charge in [-0.1, -0.05) is 12.1 Å². The van der Waals surface area contributed by atoms with E-state index in [4.69, 9.17) is 4.74 Å². The third kappa shape index (κ3) is 4.65. The second-order valence-corrected chi connectivity index (χ2v) is 5.47. The molecule has 102 valence electrons. The van der Waals surface area contributed by atoms with E-state index in [0.717, 1.165) is 31.0 Å². The smallest absolute Gasteiger partial charge is 0.119 e. The summed E-state index contributed by atoms with van der Waals surface area (Å²) in [6, 6.07) is 8.14. The fourth-order valence-corrected chi connectivity index (χ4v) is 2.62. The molecule has 0 aliphatic rings. The topological polar surface area (TPSA) is 34.1 Å². The van der Waals surface area contributed by atoms with Crippen LogP contribution in [0.4, 0.5) is 0 Å². The summed E-state index contributed by atoms with van der Waals surface area (Å²) in [5, 5.41) is 3.39. The van der Waals surface area contributed by atoms with Crippen LogP contribution in [0.25, 0.3) is 0 Å². The summed E-state index contributed by atoms with van der Waals surface area (Å²) < 4.78 is 5.68. The molecule has 1 aromatic heterocycles. The van der Waals surface area contributed by atoms with Gasteiger partial charge in [0.1, 0.15) is 12.4 Å². The van der Waals surface area contributed by atoms with Gasteiger partial charge in [-0.15, -0.1) is 11.3 Å². The molecule has 1 aromatic carbocycles. The lowest BCUT2D eigenvalue weighted by Crippen LogP contribution is -2.23. The number of hydrogen-bond acceptors (Lipinski definition) is 4. The van der Waals surface area contributed by atoms with Gasteiger partial charge in [0.05, 0.1) is 11.2 Å². The molecule has 0 aliphatic carbocycles. The number of thiazole rings is 1. The Kier molecular flexibility index (Phi) is 5.36. The fourth-order valence-electron chi connectivity index (χ4n) is 1.84. The van der Waals surface area contributed by atoms with Gasteiger partial charge in [-0.05, 0) is 38.0 Å². The highest BCUT2D eigenvalue weighted by Gasteiger charge is 2.00. The van der Waals surface area contributed by atoms with Crippen molar-refractivity contribution in [3.8, 4) is 5.75 Å². The maximum atomic E-state index is 5.68. The van der Waals surface area contributed by atoms with Gasteiger partial charge in [0.2, 0.25) is 0 Å². The SMILES string of the molecule is Cc1cccc(OCCNCCc2scnc2C)c1. The predicted octanol–water partition coefficient (Wildman–Crippen LogP) is 2.97. The average molecular weight is 276 g/mol. The van der Waals surface area contributed by atoms with E-state index in [-0.39, 0.29) is 0 Å². The molecular weight excluding hydrogens is 256 g/mol. The molecule has 0 aliphatic heterocycles. The molecule has 0 spiro atoms. The summed E-state index contributed by atoms with van der Waals surface area (Å²) in [4.78, 5) is 5.61. The molecule has 2 aromatic rings. The third-order valence-corrected chi connectivity index (χ3v) is 3.91.